The Morgan fingerprint density at radius 3 is 1.47 bits per heavy atom. The Labute approximate surface area is 474 Å². The zero-order valence-corrected chi connectivity index (χ0v) is 47.8. The largest absolute Gasteiger partial charge is 0.462 e. The molecule has 0 saturated heterocycles. The van der Waals surface area contributed by atoms with E-state index >= 15 is 4.32 Å². The first kappa shape index (κ1) is 51.4. The van der Waals surface area contributed by atoms with Crippen molar-refractivity contribution in [2.45, 2.75) is 80.0 Å². The minimum Gasteiger partial charge on any atom is -0.455 e. The van der Waals surface area contributed by atoms with Gasteiger partial charge in [-0.1, -0.05) is 241 Å². The molecule has 0 fully saturated rings. The van der Waals surface area contributed by atoms with Crippen LogP contribution >= 0.6 is 0 Å². The van der Waals surface area contributed by atoms with Gasteiger partial charge in [-0.2, -0.15) is 0 Å². The molecule has 4 nitrogen and oxygen atoms in total. The number of halogens is 1. The van der Waals surface area contributed by atoms with Crippen LogP contribution in [0.1, 0.15) is 97.3 Å². The fraction of sp³-hybridized carbons (Fsp3) is 0.160. The number of fused-ring (bicyclic) bond motifs is 6. The quantitative estimate of drug-likeness (QED) is 0.135. The van der Waals surface area contributed by atoms with Gasteiger partial charge in [-0.15, -0.1) is 0 Å². The summed E-state index contributed by atoms with van der Waals surface area (Å²) in [7, 11) is -1.55. The lowest BCUT2D eigenvalue weighted by atomic mass is 9.81. The van der Waals surface area contributed by atoms with Crippen LogP contribution in [0.2, 0.25) is 6.82 Å². The number of furan rings is 2. The second kappa shape index (κ2) is 19.7. The number of hydrogen-bond acceptors (Lipinski definition) is 3. The van der Waals surface area contributed by atoms with Crippen LogP contribution in [0.4, 0.5) is 4.32 Å². The van der Waals surface area contributed by atoms with E-state index in [0.717, 1.165) is 144 Å². The van der Waals surface area contributed by atoms with Gasteiger partial charge in [0.05, 0.1) is 11.4 Å². The molecule has 12 aromatic rings. The molecule has 396 valence electrons. The topological polar surface area (TPSA) is 43.6 Å². The third-order valence-corrected chi connectivity index (χ3v) is 16.4. The van der Waals surface area contributed by atoms with Crippen LogP contribution < -0.4 is 0 Å². The smallest absolute Gasteiger partial charge is 0.455 e. The number of hydrogen-bond donors (Lipinski definition) is 0. The summed E-state index contributed by atoms with van der Waals surface area (Å²) in [6.07, 6.45) is 0. The van der Waals surface area contributed by atoms with Crippen molar-refractivity contribution in [2.24, 2.45) is 4.99 Å². The van der Waals surface area contributed by atoms with Crippen LogP contribution in [0.25, 0.3) is 94.1 Å². The Bertz CT molecular complexity index is 4530. The highest BCUT2D eigenvalue weighted by atomic mass is 19.1. The number of benzene rings is 9. The average molecular weight is 1060 g/mol. The van der Waals surface area contributed by atoms with Gasteiger partial charge in [0, 0.05) is 77.5 Å². The van der Waals surface area contributed by atoms with Crippen molar-refractivity contribution in [1.29, 1.82) is 0 Å². The highest BCUT2D eigenvalue weighted by Crippen LogP contribution is 2.55. The van der Waals surface area contributed by atoms with Crippen LogP contribution in [-0.4, -0.2) is 17.3 Å². The second-order valence-corrected chi connectivity index (χ2v) is 24.0. The van der Waals surface area contributed by atoms with E-state index in [4.69, 9.17) is 13.8 Å². The summed E-state index contributed by atoms with van der Waals surface area (Å²) in [6.45, 7) is 21.6. The summed E-state index contributed by atoms with van der Waals surface area (Å²) >= 11 is 0. The zero-order chi connectivity index (χ0) is 56.1. The number of allylic oxidation sites excluding steroid dienone is 2. The van der Waals surface area contributed by atoms with E-state index in [2.05, 4.69) is 244 Å². The standard InChI is InChI=1S/C75H64BFN2O2/c1-45-43-46(2)62(47(3)44-45)67(69-63(48-23-13-11-14-24-48)65(68(78-69)50-35-39-52(40-36-50)74(4,5)6)58-31-21-29-56-54-27-17-19-33-60(54)80-72(56)58)71-64(49-25-15-12-16-26-49)66(59-32-22-30-57-55-28-18-20-34-61(55)81-73(57)59)70(79(71)76(10)77)51-37-41-53(42-38-51)75(7,8)9/h11-44H,1-10H3/b69-67-. The summed E-state index contributed by atoms with van der Waals surface area (Å²) < 4.78 is 34.6. The minimum absolute atomic E-state index is 0.0834. The minimum atomic E-state index is -1.55. The molecular weight excluding hydrogens is 991 g/mol. The first-order valence-electron chi connectivity index (χ1n) is 28.3. The predicted octanol–water partition coefficient (Wildman–Crippen LogP) is 20.6. The number of rotatable bonds is 9. The molecule has 0 atom stereocenters. The van der Waals surface area contributed by atoms with Gasteiger partial charge in [0.15, 0.2) is 0 Å². The Hall–Kier alpha value is -9.00. The highest BCUT2D eigenvalue weighted by molar-refractivity contribution is 6.50. The van der Waals surface area contributed by atoms with Gasteiger partial charge in [0.25, 0.3) is 0 Å². The summed E-state index contributed by atoms with van der Waals surface area (Å²) in [5.74, 6) is 0. The van der Waals surface area contributed by atoms with E-state index in [9.17, 15) is 0 Å². The van der Waals surface area contributed by atoms with Crippen molar-refractivity contribution in [3.05, 3.63) is 268 Å². The molecule has 1 aliphatic heterocycles. The van der Waals surface area contributed by atoms with Crippen LogP contribution in [0.15, 0.2) is 226 Å². The Balaban J connectivity index is 1.29. The highest BCUT2D eigenvalue weighted by Gasteiger charge is 2.39. The normalized spacial score (nSPS) is 13.8. The molecule has 0 aliphatic carbocycles. The van der Waals surface area contributed by atoms with Crippen molar-refractivity contribution < 1.29 is 13.1 Å². The molecule has 13 rings (SSSR count). The SMILES string of the molecule is CB(F)n1c(/C(=C2\N=C(c3ccc(C(C)(C)C)cc3)C(c3cccc4c3oc3ccccc34)=C2c2ccccc2)c2c(C)cc(C)cc2C)c(-c2ccccc2)c(-c2cccc3c2oc2ccccc23)c1-c1ccc(C(C)(C)C)cc1. The van der Waals surface area contributed by atoms with Crippen molar-refractivity contribution in [1.82, 2.24) is 4.48 Å². The maximum atomic E-state index is 18.6. The fourth-order valence-corrected chi connectivity index (χ4v) is 12.7. The maximum absolute atomic E-state index is 18.6. The van der Waals surface area contributed by atoms with Crippen LogP contribution in [0.5, 0.6) is 0 Å². The Morgan fingerprint density at radius 1 is 0.469 bits per heavy atom. The molecule has 1 aliphatic rings. The molecule has 0 N–H and O–H groups in total. The lowest BCUT2D eigenvalue weighted by Gasteiger charge is -2.23. The Morgan fingerprint density at radius 2 is 0.938 bits per heavy atom. The van der Waals surface area contributed by atoms with E-state index in [1.807, 2.05) is 28.7 Å². The van der Waals surface area contributed by atoms with Crippen molar-refractivity contribution in [2.75, 3.05) is 0 Å². The fourth-order valence-electron chi connectivity index (χ4n) is 12.7. The maximum Gasteiger partial charge on any atom is 0.462 e. The molecule has 3 aromatic heterocycles. The van der Waals surface area contributed by atoms with Gasteiger partial charge >= 0.3 is 7.12 Å². The van der Waals surface area contributed by atoms with Gasteiger partial charge in [-0.3, -0.25) is 0 Å². The third kappa shape index (κ3) is 8.71. The van der Waals surface area contributed by atoms with Gasteiger partial charge < -0.3 is 17.6 Å². The zero-order valence-electron chi connectivity index (χ0n) is 47.8. The van der Waals surface area contributed by atoms with Gasteiger partial charge in [0.2, 0.25) is 0 Å². The molecule has 0 unspecified atom stereocenters. The molecule has 0 saturated carbocycles. The van der Waals surface area contributed by atoms with E-state index in [-0.39, 0.29) is 10.8 Å². The van der Waals surface area contributed by atoms with E-state index in [0.29, 0.717) is 5.69 Å². The molecule has 0 spiro atoms. The number of nitrogens with zero attached hydrogens (tertiary/aromatic N) is 2. The van der Waals surface area contributed by atoms with Crippen molar-refractivity contribution in [3.63, 3.8) is 0 Å². The number of aryl methyl sites for hydroxylation is 3. The lowest BCUT2D eigenvalue weighted by Crippen LogP contribution is -2.20. The molecule has 81 heavy (non-hydrogen) atoms. The molecule has 9 aromatic carbocycles. The molecule has 4 heterocycles. The number of aliphatic imine (C=N–C) groups is 1. The average Bonchev–Trinajstić information content (AvgIpc) is 4.33. The molecule has 0 bridgehead atoms. The van der Waals surface area contributed by atoms with Crippen LogP contribution in [-0.2, 0) is 10.8 Å². The summed E-state index contributed by atoms with van der Waals surface area (Å²) in [5.41, 5.74) is 22.5. The molecule has 0 radical (unpaired) electrons. The van der Waals surface area contributed by atoms with Crippen LogP contribution in [0.3, 0.4) is 0 Å². The van der Waals surface area contributed by atoms with Gasteiger partial charge in [0.1, 0.15) is 22.3 Å². The Kier molecular flexibility index (Phi) is 12.5. The molecule has 6 heteroatoms. The first-order chi connectivity index (χ1) is 39.0. The van der Waals surface area contributed by atoms with E-state index < -0.39 is 7.12 Å². The third-order valence-electron chi connectivity index (χ3n) is 16.4. The van der Waals surface area contributed by atoms with E-state index in [1.165, 1.54) is 11.1 Å². The van der Waals surface area contributed by atoms with Crippen LogP contribution in [0, 0.1) is 20.8 Å². The summed E-state index contributed by atoms with van der Waals surface area (Å²) in [4.78, 5) is 6.15. The van der Waals surface area contributed by atoms with Gasteiger partial charge in [-0.25, -0.2) is 4.99 Å². The molecule has 0 amide bonds. The van der Waals surface area contributed by atoms with Crippen molar-refractivity contribution >= 4 is 73.4 Å². The lowest BCUT2D eigenvalue weighted by molar-refractivity contribution is 0.590. The summed E-state index contributed by atoms with van der Waals surface area (Å²) in [6, 6.07) is 72.8. The second-order valence-electron chi connectivity index (χ2n) is 24.0. The number of para-hydroxylation sites is 4. The molecular formula is C75H64BFN2O2. The predicted molar refractivity (Wildman–Crippen MR) is 340 cm³/mol. The van der Waals surface area contributed by atoms with Crippen molar-refractivity contribution in [3.8, 4) is 33.5 Å². The first-order valence-corrected chi connectivity index (χ1v) is 28.3. The number of aromatic nitrogens is 1. The van der Waals surface area contributed by atoms with Gasteiger partial charge in [-0.05, 0) is 95.1 Å². The monoisotopic (exact) mass is 1050 g/mol. The van der Waals surface area contributed by atoms with E-state index in [1.54, 1.807) is 6.82 Å². The summed E-state index contributed by atoms with van der Waals surface area (Å²) in [5, 5.41) is 4.07.